The Morgan fingerprint density at radius 3 is 2.57 bits per heavy atom. The average Bonchev–Trinajstić information content (AvgIpc) is 2.75. The summed E-state index contributed by atoms with van der Waals surface area (Å²) in [6, 6.07) is 0.140. The van der Waals surface area contributed by atoms with Crippen molar-refractivity contribution >= 4 is 15.9 Å². The Morgan fingerprint density at radius 1 is 1.24 bits per heavy atom. The molecule has 2 aromatic heterocycles. The van der Waals surface area contributed by atoms with Crippen LogP contribution in [0, 0.1) is 13.8 Å². The molecule has 0 bridgehead atoms. The monoisotopic (exact) mass is 351 g/mol. The minimum absolute atomic E-state index is 0.140. The number of halogens is 1. The van der Waals surface area contributed by atoms with Gasteiger partial charge in [0.2, 0.25) is 0 Å². The van der Waals surface area contributed by atoms with Crippen molar-refractivity contribution < 1.29 is 0 Å². The predicted molar refractivity (Wildman–Crippen MR) is 87.2 cm³/mol. The molecule has 1 atom stereocenters. The quantitative estimate of drug-likeness (QED) is 0.869. The maximum absolute atomic E-state index is 4.56. The smallest absolute Gasteiger partial charge is 0.0760 e. The molecule has 0 saturated heterocycles. The van der Waals surface area contributed by atoms with Crippen LogP contribution in [0.2, 0.25) is 0 Å². The van der Waals surface area contributed by atoms with E-state index in [1.54, 1.807) is 0 Å². The van der Waals surface area contributed by atoms with Gasteiger partial charge in [0.15, 0.2) is 0 Å². The summed E-state index contributed by atoms with van der Waals surface area (Å²) in [7, 11) is 0. The molecule has 6 heteroatoms. The van der Waals surface area contributed by atoms with Crippen LogP contribution in [0.15, 0.2) is 16.9 Å². The molecular formula is C15H22BrN5. The summed E-state index contributed by atoms with van der Waals surface area (Å²) in [6.45, 7) is 9.93. The maximum Gasteiger partial charge on any atom is 0.0760 e. The summed E-state index contributed by atoms with van der Waals surface area (Å²) in [5.74, 6) is 0. The summed E-state index contributed by atoms with van der Waals surface area (Å²) in [4.78, 5) is 8.87. The topological polar surface area (TPSA) is 55.6 Å². The van der Waals surface area contributed by atoms with Crippen molar-refractivity contribution in [1.29, 1.82) is 0 Å². The minimum atomic E-state index is 0.140. The van der Waals surface area contributed by atoms with E-state index in [-0.39, 0.29) is 6.04 Å². The van der Waals surface area contributed by atoms with Crippen molar-refractivity contribution in [2.24, 2.45) is 0 Å². The first-order valence-electron chi connectivity index (χ1n) is 7.30. The van der Waals surface area contributed by atoms with Crippen molar-refractivity contribution in [3.05, 3.63) is 39.6 Å². The second kappa shape index (κ2) is 7.13. The van der Waals surface area contributed by atoms with E-state index in [4.69, 9.17) is 0 Å². The first-order chi connectivity index (χ1) is 10.1. The Kier molecular flexibility index (Phi) is 5.47. The Bertz CT molecular complexity index is 591. The summed E-state index contributed by atoms with van der Waals surface area (Å²) < 4.78 is 3.14. The Balaban J connectivity index is 2.30. The predicted octanol–water partition coefficient (Wildman–Crippen LogP) is 2.97. The van der Waals surface area contributed by atoms with Crippen molar-refractivity contribution in [3.63, 3.8) is 0 Å². The molecule has 21 heavy (non-hydrogen) atoms. The third-order valence-corrected chi connectivity index (χ3v) is 4.49. The van der Waals surface area contributed by atoms with Crippen LogP contribution in [0.3, 0.4) is 0 Å². The van der Waals surface area contributed by atoms with Crippen LogP contribution < -0.4 is 5.32 Å². The number of rotatable bonds is 6. The highest BCUT2D eigenvalue weighted by Gasteiger charge is 2.19. The van der Waals surface area contributed by atoms with Gasteiger partial charge in [-0.2, -0.15) is 5.10 Å². The molecule has 0 aliphatic heterocycles. The number of likely N-dealkylation sites (N-methyl/N-ethyl adjacent to an activating group) is 1. The van der Waals surface area contributed by atoms with E-state index >= 15 is 0 Å². The molecule has 0 saturated carbocycles. The molecule has 2 aromatic rings. The van der Waals surface area contributed by atoms with Gasteiger partial charge in [-0.15, -0.1) is 0 Å². The fourth-order valence-corrected chi connectivity index (χ4v) is 2.81. The van der Waals surface area contributed by atoms with Gasteiger partial charge in [0, 0.05) is 19.2 Å². The van der Waals surface area contributed by atoms with E-state index in [2.05, 4.69) is 50.2 Å². The number of nitrogens with zero attached hydrogens (tertiary/aromatic N) is 4. The van der Waals surface area contributed by atoms with Crippen LogP contribution in [0.1, 0.15) is 42.7 Å². The third-order valence-electron chi connectivity index (χ3n) is 3.46. The summed E-state index contributed by atoms with van der Waals surface area (Å²) in [6.07, 6.45) is 4.51. The molecule has 2 heterocycles. The molecule has 1 N–H and O–H groups in total. The Labute approximate surface area is 134 Å². The molecule has 0 aliphatic carbocycles. The van der Waals surface area contributed by atoms with Crippen molar-refractivity contribution in [2.45, 2.75) is 46.7 Å². The lowest BCUT2D eigenvalue weighted by molar-refractivity contribution is 0.504. The number of aryl methyl sites for hydroxylation is 3. The molecule has 1 unspecified atom stereocenters. The molecule has 0 radical (unpaired) electrons. The normalized spacial score (nSPS) is 12.6. The van der Waals surface area contributed by atoms with Gasteiger partial charge in [-0.25, -0.2) is 0 Å². The van der Waals surface area contributed by atoms with E-state index in [0.717, 1.165) is 41.1 Å². The molecule has 0 aliphatic rings. The van der Waals surface area contributed by atoms with E-state index in [9.17, 15) is 0 Å². The van der Waals surface area contributed by atoms with E-state index in [1.807, 2.05) is 30.9 Å². The van der Waals surface area contributed by atoms with Gasteiger partial charge in [-0.1, -0.05) is 6.92 Å². The highest BCUT2D eigenvalue weighted by molar-refractivity contribution is 9.10. The van der Waals surface area contributed by atoms with E-state index < -0.39 is 0 Å². The van der Waals surface area contributed by atoms with Crippen LogP contribution in [-0.4, -0.2) is 26.3 Å². The zero-order chi connectivity index (χ0) is 15.4. The molecule has 114 valence electrons. The lowest BCUT2D eigenvalue weighted by atomic mass is 10.1. The fourth-order valence-electron chi connectivity index (χ4n) is 2.37. The lowest BCUT2D eigenvalue weighted by Gasteiger charge is -2.18. The lowest BCUT2D eigenvalue weighted by Crippen LogP contribution is -2.25. The second-order valence-electron chi connectivity index (χ2n) is 5.06. The summed E-state index contributed by atoms with van der Waals surface area (Å²) >= 11 is 3.66. The van der Waals surface area contributed by atoms with Crippen molar-refractivity contribution in [3.8, 4) is 0 Å². The van der Waals surface area contributed by atoms with Crippen LogP contribution in [0.4, 0.5) is 0 Å². The molecular weight excluding hydrogens is 330 g/mol. The number of hydrogen-bond donors (Lipinski definition) is 1. The Morgan fingerprint density at radius 2 is 2.00 bits per heavy atom. The molecule has 0 spiro atoms. The van der Waals surface area contributed by atoms with Gasteiger partial charge < -0.3 is 5.32 Å². The number of aromatic nitrogens is 4. The molecule has 0 aromatic carbocycles. The molecule has 5 nitrogen and oxygen atoms in total. The minimum Gasteiger partial charge on any atom is -0.309 e. The van der Waals surface area contributed by atoms with Gasteiger partial charge in [-0.3, -0.25) is 14.6 Å². The van der Waals surface area contributed by atoms with Gasteiger partial charge in [0.05, 0.1) is 39.5 Å². The van der Waals surface area contributed by atoms with Gasteiger partial charge in [0.1, 0.15) is 0 Å². The van der Waals surface area contributed by atoms with Gasteiger partial charge in [-0.05, 0) is 43.2 Å². The number of hydrogen-bond acceptors (Lipinski definition) is 4. The zero-order valence-corrected chi connectivity index (χ0v) is 14.6. The number of nitrogens with one attached hydrogen (secondary N) is 1. The molecule has 0 amide bonds. The summed E-state index contributed by atoms with van der Waals surface area (Å²) in [5.41, 5.74) is 4.13. The highest BCUT2D eigenvalue weighted by Crippen LogP contribution is 2.25. The molecule has 0 fully saturated rings. The second-order valence-corrected chi connectivity index (χ2v) is 5.85. The SMILES string of the molecule is CCNC(Cc1c(Br)c(C)nn1CC)c1cnc(C)cn1. The Hall–Kier alpha value is -1.27. The van der Waals surface area contributed by atoms with Crippen LogP contribution >= 0.6 is 15.9 Å². The zero-order valence-electron chi connectivity index (χ0n) is 13.0. The maximum atomic E-state index is 4.56. The summed E-state index contributed by atoms with van der Waals surface area (Å²) in [5, 5.41) is 8.05. The van der Waals surface area contributed by atoms with Gasteiger partial charge in [0.25, 0.3) is 0 Å². The van der Waals surface area contributed by atoms with Crippen LogP contribution in [-0.2, 0) is 13.0 Å². The standard InChI is InChI=1S/C15H22BrN5/c1-5-17-12(13-9-18-10(3)8-19-13)7-14-15(16)11(4)20-21(14)6-2/h8-9,12,17H,5-7H2,1-4H3. The van der Waals surface area contributed by atoms with Crippen molar-refractivity contribution in [2.75, 3.05) is 6.54 Å². The largest absolute Gasteiger partial charge is 0.309 e. The fraction of sp³-hybridized carbons (Fsp3) is 0.533. The third kappa shape index (κ3) is 3.68. The highest BCUT2D eigenvalue weighted by atomic mass is 79.9. The van der Waals surface area contributed by atoms with Gasteiger partial charge >= 0.3 is 0 Å². The van der Waals surface area contributed by atoms with Crippen LogP contribution in [0.25, 0.3) is 0 Å². The first kappa shape index (κ1) is 16.1. The molecule has 2 rings (SSSR count). The van der Waals surface area contributed by atoms with Crippen molar-refractivity contribution in [1.82, 2.24) is 25.1 Å². The average molecular weight is 352 g/mol. The first-order valence-corrected chi connectivity index (χ1v) is 8.09. The van der Waals surface area contributed by atoms with E-state index in [1.165, 1.54) is 5.69 Å². The van der Waals surface area contributed by atoms with Crippen LogP contribution in [0.5, 0.6) is 0 Å². The van der Waals surface area contributed by atoms with E-state index in [0.29, 0.717) is 0 Å².